The van der Waals surface area contributed by atoms with Gasteiger partial charge in [-0.15, -0.1) is 11.3 Å². The summed E-state index contributed by atoms with van der Waals surface area (Å²) in [7, 11) is 0. The minimum Gasteiger partial charge on any atom is -0.384 e. The number of anilines is 2. The van der Waals surface area contributed by atoms with Crippen LogP contribution in [-0.2, 0) is 6.42 Å². The van der Waals surface area contributed by atoms with Gasteiger partial charge in [-0.3, -0.25) is 0 Å². The van der Waals surface area contributed by atoms with E-state index in [0.29, 0.717) is 17.8 Å². The van der Waals surface area contributed by atoms with E-state index in [1.54, 1.807) is 0 Å². The van der Waals surface area contributed by atoms with Gasteiger partial charge in [0, 0.05) is 34.2 Å². The molecule has 0 radical (unpaired) electrons. The molecule has 0 aliphatic heterocycles. The Morgan fingerprint density at radius 2 is 2.20 bits per heavy atom. The zero-order chi connectivity index (χ0) is 14.1. The highest BCUT2D eigenvalue weighted by atomic mass is 32.1. The molecule has 3 rings (SSSR count). The van der Waals surface area contributed by atoms with Crippen molar-refractivity contribution in [3.63, 3.8) is 0 Å². The molecule has 0 aromatic carbocycles. The van der Waals surface area contributed by atoms with E-state index < -0.39 is 0 Å². The second-order valence-electron chi connectivity index (χ2n) is 5.57. The van der Waals surface area contributed by atoms with Crippen LogP contribution in [0.25, 0.3) is 0 Å². The van der Waals surface area contributed by atoms with Gasteiger partial charge in [0.05, 0.1) is 0 Å². The molecular formula is C15H20N4S. The van der Waals surface area contributed by atoms with E-state index >= 15 is 0 Å². The number of nitrogens with two attached hydrogens (primary N) is 1. The Hall–Kier alpha value is -1.62. The molecule has 0 bridgehead atoms. The highest BCUT2D eigenvalue weighted by Crippen LogP contribution is 2.38. The van der Waals surface area contributed by atoms with Crippen LogP contribution in [0.2, 0.25) is 0 Å². The first-order chi connectivity index (χ1) is 9.60. The van der Waals surface area contributed by atoms with Crippen LogP contribution in [0.5, 0.6) is 0 Å². The van der Waals surface area contributed by atoms with Crippen LogP contribution >= 0.6 is 11.3 Å². The molecule has 1 atom stereocenters. The average Bonchev–Trinajstić information content (AvgIpc) is 3.13. The summed E-state index contributed by atoms with van der Waals surface area (Å²) < 4.78 is 0. The molecular weight excluding hydrogens is 268 g/mol. The van der Waals surface area contributed by atoms with Crippen LogP contribution in [0.3, 0.4) is 0 Å². The molecule has 0 amide bonds. The Bertz CT molecular complexity index is 604. The molecule has 1 aliphatic rings. The topological polar surface area (TPSA) is 63.8 Å². The van der Waals surface area contributed by atoms with Gasteiger partial charge in [0.1, 0.15) is 17.5 Å². The lowest BCUT2D eigenvalue weighted by atomic mass is 10.2. The normalized spacial score (nSPS) is 16.1. The highest BCUT2D eigenvalue weighted by Gasteiger charge is 2.27. The zero-order valence-corrected chi connectivity index (χ0v) is 12.7. The summed E-state index contributed by atoms with van der Waals surface area (Å²) in [6.07, 6.45) is 3.38. The van der Waals surface area contributed by atoms with Crippen molar-refractivity contribution in [1.29, 1.82) is 0 Å². The largest absolute Gasteiger partial charge is 0.384 e. The third-order valence-corrected chi connectivity index (χ3v) is 4.43. The van der Waals surface area contributed by atoms with Crippen molar-refractivity contribution < 1.29 is 0 Å². The summed E-state index contributed by atoms with van der Waals surface area (Å²) in [5.41, 5.74) is 5.87. The fourth-order valence-electron chi connectivity index (χ4n) is 2.28. The first-order valence-corrected chi connectivity index (χ1v) is 7.88. The number of aryl methyl sites for hydroxylation is 1. The Balaban J connectivity index is 1.67. The second kappa shape index (κ2) is 5.40. The van der Waals surface area contributed by atoms with Crippen LogP contribution in [0, 0.1) is 6.92 Å². The van der Waals surface area contributed by atoms with Gasteiger partial charge in [-0.25, -0.2) is 9.97 Å². The van der Waals surface area contributed by atoms with Crippen molar-refractivity contribution in [2.45, 2.75) is 45.1 Å². The minimum absolute atomic E-state index is 0.328. The van der Waals surface area contributed by atoms with Crippen LogP contribution in [-0.4, -0.2) is 16.0 Å². The number of nitrogens with zero attached hydrogens (tertiary/aromatic N) is 2. The fraction of sp³-hybridized carbons (Fsp3) is 0.467. The number of nitrogens with one attached hydrogen (secondary N) is 1. The van der Waals surface area contributed by atoms with Crippen LogP contribution < -0.4 is 11.1 Å². The molecule has 2 heterocycles. The fourth-order valence-corrected chi connectivity index (χ4v) is 3.30. The van der Waals surface area contributed by atoms with Crippen LogP contribution in [0.1, 0.15) is 41.3 Å². The minimum atomic E-state index is 0.328. The summed E-state index contributed by atoms with van der Waals surface area (Å²) >= 11 is 1.85. The van der Waals surface area contributed by atoms with E-state index in [0.717, 1.165) is 18.1 Å². The summed E-state index contributed by atoms with van der Waals surface area (Å²) in [6.45, 7) is 4.31. The van der Waals surface area contributed by atoms with E-state index in [1.807, 2.05) is 17.4 Å². The maximum atomic E-state index is 5.87. The lowest BCUT2D eigenvalue weighted by Crippen LogP contribution is -2.19. The smallest absolute Gasteiger partial charge is 0.136 e. The lowest BCUT2D eigenvalue weighted by Gasteiger charge is -2.14. The van der Waals surface area contributed by atoms with Crippen molar-refractivity contribution >= 4 is 23.0 Å². The molecule has 1 fully saturated rings. The number of hydrogen-bond donors (Lipinski definition) is 2. The standard InChI is InChI=1S/C15H20N4S/c1-9(7-12-6-3-10(2)20-12)17-14-8-13(16)18-15(19-14)11-4-5-11/h3,6,8-9,11H,4-5,7H2,1-2H3,(H3,16,17,18,19). The number of aromatic nitrogens is 2. The van der Waals surface area contributed by atoms with E-state index in [-0.39, 0.29) is 0 Å². The molecule has 2 aromatic rings. The first-order valence-electron chi connectivity index (χ1n) is 7.06. The molecule has 3 N–H and O–H groups in total. The van der Waals surface area contributed by atoms with Crippen molar-refractivity contribution in [1.82, 2.24) is 9.97 Å². The molecule has 106 valence electrons. The summed E-state index contributed by atoms with van der Waals surface area (Å²) in [5.74, 6) is 2.82. The zero-order valence-electron chi connectivity index (χ0n) is 11.9. The SMILES string of the molecule is Cc1ccc(CC(C)Nc2cc(N)nc(C3CC3)n2)s1. The Morgan fingerprint density at radius 3 is 2.85 bits per heavy atom. The van der Waals surface area contributed by atoms with Crippen LogP contribution in [0.4, 0.5) is 11.6 Å². The van der Waals surface area contributed by atoms with Crippen molar-refractivity contribution in [3.05, 3.63) is 33.8 Å². The molecule has 20 heavy (non-hydrogen) atoms. The number of hydrogen-bond acceptors (Lipinski definition) is 5. The van der Waals surface area contributed by atoms with Gasteiger partial charge >= 0.3 is 0 Å². The number of rotatable bonds is 5. The van der Waals surface area contributed by atoms with Crippen molar-refractivity contribution in [3.8, 4) is 0 Å². The summed E-state index contributed by atoms with van der Waals surface area (Å²) in [6, 6.07) is 6.51. The van der Waals surface area contributed by atoms with Crippen molar-refractivity contribution in [2.24, 2.45) is 0 Å². The van der Waals surface area contributed by atoms with Gasteiger partial charge < -0.3 is 11.1 Å². The van der Waals surface area contributed by atoms with Crippen molar-refractivity contribution in [2.75, 3.05) is 11.1 Å². The molecule has 1 aliphatic carbocycles. The first kappa shape index (κ1) is 13.4. The average molecular weight is 288 g/mol. The second-order valence-corrected chi connectivity index (χ2v) is 6.94. The molecule has 1 saturated carbocycles. The number of thiophene rings is 1. The quantitative estimate of drug-likeness (QED) is 0.885. The van der Waals surface area contributed by atoms with Gasteiger partial charge in [0.2, 0.25) is 0 Å². The van der Waals surface area contributed by atoms with E-state index in [1.165, 1.54) is 22.6 Å². The Kier molecular flexibility index (Phi) is 3.61. The molecule has 1 unspecified atom stereocenters. The summed E-state index contributed by atoms with van der Waals surface area (Å²) in [5, 5.41) is 3.44. The predicted octanol–water partition coefficient (Wildman–Crippen LogP) is 3.35. The molecule has 4 nitrogen and oxygen atoms in total. The molecule has 0 saturated heterocycles. The number of nitrogen functional groups attached to an aromatic ring is 1. The summed E-state index contributed by atoms with van der Waals surface area (Å²) in [4.78, 5) is 11.7. The van der Waals surface area contributed by atoms with Gasteiger partial charge in [-0.05, 0) is 38.8 Å². The molecule has 5 heteroatoms. The van der Waals surface area contributed by atoms with Gasteiger partial charge in [-0.1, -0.05) is 0 Å². The van der Waals surface area contributed by atoms with Gasteiger partial charge in [-0.2, -0.15) is 0 Å². The Labute approximate surface area is 123 Å². The third kappa shape index (κ3) is 3.28. The monoisotopic (exact) mass is 288 g/mol. The maximum Gasteiger partial charge on any atom is 0.136 e. The van der Waals surface area contributed by atoms with E-state index in [4.69, 9.17) is 5.73 Å². The maximum absolute atomic E-state index is 5.87. The third-order valence-electron chi connectivity index (χ3n) is 3.40. The molecule has 0 spiro atoms. The highest BCUT2D eigenvalue weighted by molar-refractivity contribution is 7.11. The van der Waals surface area contributed by atoms with E-state index in [9.17, 15) is 0 Å². The van der Waals surface area contributed by atoms with Crippen LogP contribution in [0.15, 0.2) is 18.2 Å². The van der Waals surface area contributed by atoms with E-state index in [2.05, 4.69) is 41.3 Å². The Morgan fingerprint density at radius 1 is 1.40 bits per heavy atom. The predicted molar refractivity (Wildman–Crippen MR) is 84.3 cm³/mol. The van der Waals surface area contributed by atoms with Gasteiger partial charge in [0.15, 0.2) is 0 Å². The van der Waals surface area contributed by atoms with Gasteiger partial charge in [0.25, 0.3) is 0 Å². The lowest BCUT2D eigenvalue weighted by molar-refractivity contribution is 0.788. The molecule has 2 aromatic heterocycles.